The van der Waals surface area contributed by atoms with Crippen molar-refractivity contribution in [2.75, 3.05) is 31.9 Å². The Hall–Kier alpha value is -0.660. The summed E-state index contributed by atoms with van der Waals surface area (Å²) < 4.78 is 25.7. The van der Waals surface area contributed by atoms with E-state index in [0.717, 1.165) is 12.8 Å². The third-order valence-corrected chi connectivity index (χ3v) is 6.20. The standard InChI is InChI=1S/C13H25N3O3S/c1-3-16(4-2)20(18,19)10-13(17)15-8-7-11-5-6-12(9-15)14-11/h11-12,14H,3-10H2,1-2H3. The molecule has 0 aromatic carbocycles. The van der Waals surface area contributed by atoms with Gasteiger partial charge in [0, 0.05) is 38.3 Å². The number of likely N-dealkylation sites (tertiary alicyclic amines) is 1. The molecule has 0 radical (unpaired) electrons. The zero-order valence-corrected chi connectivity index (χ0v) is 13.2. The largest absolute Gasteiger partial charge is 0.340 e. The predicted octanol–water partition coefficient (Wildman–Crippen LogP) is 0.0109. The van der Waals surface area contributed by atoms with Crippen molar-refractivity contribution >= 4 is 15.9 Å². The molecule has 116 valence electrons. The van der Waals surface area contributed by atoms with Crippen molar-refractivity contribution in [1.82, 2.24) is 14.5 Å². The molecule has 1 N–H and O–H groups in total. The Labute approximate surface area is 121 Å². The minimum absolute atomic E-state index is 0.258. The van der Waals surface area contributed by atoms with Crippen LogP contribution in [0.1, 0.15) is 33.1 Å². The average molecular weight is 303 g/mol. The van der Waals surface area contributed by atoms with Crippen LogP contribution < -0.4 is 5.32 Å². The third-order valence-electron chi connectivity index (χ3n) is 4.28. The fraction of sp³-hybridized carbons (Fsp3) is 0.923. The van der Waals surface area contributed by atoms with E-state index >= 15 is 0 Å². The van der Waals surface area contributed by atoms with Crippen LogP contribution in [0.2, 0.25) is 0 Å². The number of hydrogen-bond donors (Lipinski definition) is 1. The molecule has 2 saturated heterocycles. The molecule has 2 unspecified atom stereocenters. The first-order valence-electron chi connectivity index (χ1n) is 7.48. The van der Waals surface area contributed by atoms with E-state index in [0.29, 0.717) is 38.3 Å². The van der Waals surface area contributed by atoms with Gasteiger partial charge in [0.05, 0.1) is 0 Å². The van der Waals surface area contributed by atoms with Crippen LogP contribution in [0.25, 0.3) is 0 Å². The predicted molar refractivity (Wildman–Crippen MR) is 77.9 cm³/mol. The van der Waals surface area contributed by atoms with Crippen LogP contribution in [0.3, 0.4) is 0 Å². The van der Waals surface area contributed by atoms with Crippen molar-refractivity contribution in [2.45, 2.75) is 45.2 Å². The molecule has 0 saturated carbocycles. The molecule has 2 fully saturated rings. The Kier molecular flexibility index (Phi) is 5.04. The fourth-order valence-corrected chi connectivity index (χ4v) is 4.59. The summed E-state index contributed by atoms with van der Waals surface area (Å²) in [7, 11) is -3.47. The van der Waals surface area contributed by atoms with Crippen molar-refractivity contribution in [3.8, 4) is 0 Å². The Morgan fingerprint density at radius 1 is 1.20 bits per heavy atom. The lowest BCUT2D eigenvalue weighted by Gasteiger charge is -2.26. The third kappa shape index (κ3) is 3.51. The quantitative estimate of drug-likeness (QED) is 0.777. The maximum absolute atomic E-state index is 12.3. The molecule has 0 aromatic heterocycles. The minimum Gasteiger partial charge on any atom is -0.340 e. The van der Waals surface area contributed by atoms with Crippen molar-refractivity contribution in [2.24, 2.45) is 0 Å². The molecule has 0 aromatic rings. The van der Waals surface area contributed by atoms with Crippen molar-refractivity contribution in [3.05, 3.63) is 0 Å². The highest BCUT2D eigenvalue weighted by Crippen LogP contribution is 2.20. The molecule has 0 spiro atoms. The summed E-state index contributed by atoms with van der Waals surface area (Å²) in [5.74, 6) is -0.655. The Balaban J connectivity index is 1.97. The molecule has 2 rings (SSSR count). The maximum atomic E-state index is 12.3. The van der Waals surface area contributed by atoms with Crippen LogP contribution in [0.15, 0.2) is 0 Å². The first-order chi connectivity index (χ1) is 9.46. The number of amides is 1. The second-order valence-electron chi connectivity index (χ2n) is 5.61. The highest BCUT2D eigenvalue weighted by molar-refractivity contribution is 7.89. The summed E-state index contributed by atoms with van der Waals surface area (Å²) >= 11 is 0. The smallest absolute Gasteiger partial charge is 0.239 e. The summed E-state index contributed by atoms with van der Waals surface area (Å²) in [5.41, 5.74) is 0. The summed E-state index contributed by atoms with van der Waals surface area (Å²) in [6.45, 7) is 5.72. The molecule has 0 aliphatic carbocycles. The van der Waals surface area contributed by atoms with Crippen LogP contribution >= 0.6 is 0 Å². The second kappa shape index (κ2) is 6.41. The molecular formula is C13H25N3O3S. The Bertz CT molecular complexity index is 448. The van der Waals surface area contributed by atoms with E-state index in [1.165, 1.54) is 10.7 Å². The van der Waals surface area contributed by atoms with Gasteiger partial charge in [-0.25, -0.2) is 12.7 Å². The van der Waals surface area contributed by atoms with E-state index in [1.54, 1.807) is 18.7 Å². The monoisotopic (exact) mass is 303 g/mol. The molecule has 2 aliphatic rings. The topological polar surface area (TPSA) is 69.7 Å². The van der Waals surface area contributed by atoms with Crippen LogP contribution in [0.5, 0.6) is 0 Å². The van der Waals surface area contributed by atoms with Gasteiger partial charge < -0.3 is 10.2 Å². The lowest BCUT2D eigenvalue weighted by Crippen LogP contribution is -2.44. The van der Waals surface area contributed by atoms with Crippen LogP contribution in [-0.2, 0) is 14.8 Å². The second-order valence-corrected chi connectivity index (χ2v) is 7.58. The Morgan fingerprint density at radius 3 is 2.50 bits per heavy atom. The van der Waals surface area contributed by atoms with Crippen LogP contribution in [0.4, 0.5) is 0 Å². The number of rotatable bonds is 5. The van der Waals surface area contributed by atoms with Gasteiger partial charge >= 0.3 is 0 Å². The summed E-state index contributed by atoms with van der Waals surface area (Å²) in [5, 5.41) is 3.49. The first kappa shape index (κ1) is 15.7. The summed E-state index contributed by atoms with van der Waals surface area (Å²) in [6.07, 6.45) is 3.18. The number of carbonyl (C=O) groups excluding carboxylic acids is 1. The molecule has 2 bridgehead atoms. The zero-order chi connectivity index (χ0) is 14.8. The number of hydrogen-bond acceptors (Lipinski definition) is 4. The van der Waals surface area contributed by atoms with Gasteiger partial charge in [0.15, 0.2) is 0 Å². The molecule has 1 amide bonds. The van der Waals surface area contributed by atoms with Gasteiger partial charge in [0.1, 0.15) is 5.75 Å². The van der Waals surface area contributed by atoms with Gasteiger partial charge in [-0.15, -0.1) is 0 Å². The lowest BCUT2D eigenvalue weighted by atomic mass is 10.1. The van der Waals surface area contributed by atoms with E-state index in [9.17, 15) is 13.2 Å². The number of carbonyl (C=O) groups is 1. The molecule has 2 aliphatic heterocycles. The van der Waals surface area contributed by atoms with Gasteiger partial charge in [0.25, 0.3) is 0 Å². The molecule has 7 heteroatoms. The van der Waals surface area contributed by atoms with E-state index in [2.05, 4.69) is 5.32 Å². The Morgan fingerprint density at radius 2 is 1.85 bits per heavy atom. The van der Waals surface area contributed by atoms with Gasteiger partial charge in [-0.1, -0.05) is 13.8 Å². The summed E-state index contributed by atoms with van der Waals surface area (Å²) in [4.78, 5) is 14.0. The molecule has 2 atom stereocenters. The number of nitrogens with zero attached hydrogens (tertiary/aromatic N) is 2. The highest BCUT2D eigenvalue weighted by Gasteiger charge is 2.33. The lowest BCUT2D eigenvalue weighted by molar-refractivity contribution is -0.128. The van der Waals surface area contributed by atoms with Gasteiger partial charge in [0.2, 0.25) is 15.9 Å². The van der Waals surface area contributed by atoms with Crippen molar-refractivity contribution < 1.29 is 13.2 Å². The molecular weight excluding hydrogens is 278 g/mol. The van der Waals surface area contributed by atoms with Crippen molar-refractivity contribution in [3.63, 3.8) is 0 Å². The van der Waals surface area contributed by atoms with Gasteiger partial charge in [-0.05, 0) is 19.3 Å². The molecule has 2 heterocycles. The van der Waals surface area contributed by atoms with Crippen LogP contribution in [-0.4, -0.2) is 67.5 Å². The van der Waals surface area contributed by atoms with Crippen molar-refractivity contribution in [1.29, 1.82) is 0 Å². The summed E-state index contributed by atoms with van der Waals surface area (Å²) in [6, 6.07) is 0.833. The van der Waals surface area contributed by atoms with E-state index in [4.69, 9.17) is 0 Å². The fourth-order valence-electron chi connectivity index (χ4n) is 3.13. The van der Waals surface area contributed by atoms with Gasteiger partial charge in [-0.3, -0.25) is 4.79 Å². The van der Waals surface area contributed by atoms with Gasteiger partial charge in [-0.2, -0.15) is 0 Å². The number of nitrogens with one attached hydrogen (secondary N) is 1. The molecule has 20 heavy (non-hydrogen) atoms. The van der Waals surface area contributed by atoms with E-state index in [-0.39, 0.29) is 5.91 Å². The first-order valence-corrected chi connectivity index (χ1v) is 9.08. The normalized spacial score (nSPS) is 26.9. The average Bonchev–Trinajstić information content (AvgIpc) is 2.69. The van der Waals surface area contributed by atoms with E-state index in [1.807, 2.05) is 0 Å². The SMILES string of the molecule is CCN(CC)S(=O)(=O)CC(=O)N1CCC2CCC(C1)N2. The molecule has 6 nitrogen and oxygen atoms in total. The number of fused-ring (bicyclic) bond motifs is 2. The maximum Gasteiger partial charge on any atom is 0.239 e. The number of sulfonamides is 1. The zero-order valence-electron chi connectivity index (χ0n) is 12.3. The van der Waals surface area contributed by atoms with Crippen LogP contribution in [0, 0.1) is 0 Å². The highest BCUT2D eigenvalue weighted by atomic mass is 32.2. The minimum atomic E-state index is -3.47. The van der Waals surface area contributed by atoms with E-state index < -0.39 is 15.8 Å².